The summed E-state index contributed by atoms with van der Waals surface area (Å²) in [4.78, 5) is 13.4. The van der Waals surface area contributed by atoms with Crippen LogP contribution in [0.15, 0.2) is 36.4 Å². The fourth-order valence-electron chi connectivity index (χ4n) is 2.93. The fraction of sp³-hybridized carbons (Fsp3) is 0.235. The summed E-state index contributed by atoms with van der Waals surface area (Å²) in [6, 6.07) is 11.0. The average Bonchev–Trinajstić information content (AvgIpc) is 2.48. The number of nitrogens with two attached hydrogens (primary N) is 1. The molecule has 0 aliphatic carbocycles. The van der Waals surface area contributed by atoms with Gasteiger partial charge in [-0.3, -0.25) is 0 Å². The van der Waals surface area contributed by atoms with Gasteiger partial charge in [-0.1, -0.05) is 18.2 Å². The number of carboxylic acid groups (broad SMARTS) is 1. The van der Waals surface area contributed by atoms with E-state index in [4.69, 9.17) is 10.8 Å². The van der Waals surface area contributed by atoms with Gasteiger partial charge in [0.15, 0.2) is 0 Å². The maximum Gasteiger partial charge on any atom is 0.335 e. The molecular formula is C17H18N2O2. The van der Waals surface area contributed by atoms with E-state index in [1.807, 2.05) is 18.2 Å². The van der Waals surface area contributed by atoms with Crippen molar-refractivity contribution in [2.45, 2.75) is 13.0 Å². The van der Waals surface area contributed by atoms with E-state index in [2.05, 4.69) is 11.9 Å². The Labute approximate surface area is 123 Å². The van der Waals surface area contributed by atoms with Crippen LogP contribution < -0.4 is 5.73 Å². The summed E-state index contributed by atoms with van der Waals surface area (Å²) >= 11 is 0. The van der Waals surface area contributed by atoms with Crippen molar-refractivity contribution >= 4 is 11.7 Å². The molecule has 108 valence electrons. The van der Waals surface area contributed by atoms with Gasteiger partial charge in [-0.25, -0.2) is 4.79 Å². The van der Waals surface area contributed by atoms with E-state index in [9.17, 15) is 4.79 Å². The van der Waals surface area contributed by atoms with Crippen LogP contribution in [0.5, 0.6) is 0 Å². The summed E-state index contributed by atoms with van der Waals surface area (Å²) in [6.45, 7) is 1.83. The van der Waals surface area contributed by atoms with E-state index in [0.29, 0.717) is 5.56 Å². The van der Waals surface area contributed by atoms with Gasteiger partial charge in [0.1, 0.15) is 0 Å². The van der Waals surface area contributed by atoms with Crippen molar-refractivity contribution < 1.29 is 9.90 Å². The zero-order valence-corrected chi connectivity index (χ0v) is 12.0. The zero-order chi connectivity index (χ0) is 15.0. The summed E-state index contributed by atoms with van der Waals surface area (Å²) in [7, 11) is 2.08. The Kier molecular flexibility index (Phi) is 3.39. The van der Waals surface area contributed by atoms with Crippen molar-refractivity contribution in [1.82, 2.24) is 4.90 Å². The highest BCUT2D eigenvalue weighted by Gasteiger charge is 2.19. The third-order valence-electron chi connectivity index (χ3n) is 4.06. The number of carboxylic acids is 1. The first-order valence-electron chi connectivity index (χ1n) is 6.99. The van der Waals surface area contributed by atoms with E-state index in [0.717, 1.165) is 36.3 Å². The molecule has 0 atom stereocenters. The SMILES string of the molecule is CN1CCc2c(-c3cccc(C(=O)O)c3)ccc(N)c2C1. The summed E-state index contributed by atoms with van der Waals surface area (Å²) < 4.78 is 0. The van der Waals surface area contributed by atoms with Crippen LogP contribution in [0.2, 0.25) is 0 Å². The lowest BCUT2D eigenvalue weighted by Gasteiger charge is -2.28. The molecule has 0 saturated carbocycles. The van der Waals surface area contributed by atoms with Gasteiger partial charge in [0.25, 0.3) is 0 Å². The molecule has 2 aromatic rings. The van der Waals surface area contributed by atoms with E-state index >= 15 is 0 Å². The van der Waals surface area contributed by atoms with Crippen LogP contribution in [-0.4, -0.2) is 29.6 Å². The zero-order valence-electron chi connectivity index (χ0n) is 12.0. The molecule has 3 N–H and O–H groups in total. The van der Waals surface area contributed by atoms with Crippen LogP contribution in [0.3, 0.4) is 0 Å². The Balaban J connectivity index is 2.13. The monoisotopic (exact) mass is 282 g/mol. The number of rotatable bonds is 2. The van der Waals surface area contributed by atoms with Crippen molar-refractivity contribution in [1.29, 1.82) is 0 Å². The third kappa shape index (κ3) is 2.50. The molecule has 2 aromatic carbocycles. The van der Waals surface area contributed by atoms with Crippen molar-refractivity contribution in [2.24, 2.45) is 0 Å². The maximum absolute atomic E-state index is 11.1. The normalized spacial score (nSPS) is 14.7. The summed E-state index contributed by atoms with van der Waals surface area (Å²) in [6.07, 6.45) is 0.934. The Morgan fingerprint density at radius 2 is 2.05 bits per heavy atom. The predicted molar refractivity (Wildman–Crippen MR) is 83.3 cm³/mol. The fourth-order valence-corrected chi connectivity index (χ4v) is 2.93. The molecule has 0 bridgehead atoms. The number of fused-ring (bicyclic) bond motifs is 1. The Morgan fingerprint density at radius 3 is 2.81 bits per heavy atom. The smallest absolute Gasteiger partial charge is 0.335 e. The van der Waals surface area contributed by atoms with E-state index in [1.54, 1.807) is 18.2 Å². The van der Waals surface area contributed by atoms with Gasteiger partial charge < -0.3 is 15.7 Å². The highest BCUT2D eigenvalue weighted by atomic mass is 16.4. The first kappa shape index (κ1) is 13.6. The van der Waals surface area contributed by atoms with E-state index < -0.39 is 5.97 Å². The lowest BCUT2D eigenvalue weighted by molar-refractivity contribution is 0.0697. The molecule has 3 rings (SSSR count). The van der Waals surface area contributed by atoms with E-state index in [-0.39, 0.29) is 0 Å². The van der Waals surface area contributed by atoms with Crippen LogP contribution in [0.25, 0.3) is 11.1 Å². The molecule has 0 aromatic heterocycles. The second-order valence-corrected chi connectivity index (χ2v) is 5.53. The summed E-state index contributed by atoms with van der Waals surface area (Å²) in [5, 5.41) is 9.15. The number of carbonyl (C=O) groups is 1. The maximum atomic E-state index is 11.1. The van der Waals surface area contributed by atoms with Gasteiger partial charge >= 0.3 is 5.97 Å². The molecule has 1 aliphatic heterocycles. The second-order valence-electron chi connectivity index (χ2n) is 5.53. The van der Waals surface area contributed by atoms with Crippen molar-refractivity contribution in [3.63, 3.8) is 0 Å². The minimum atomic E-state index is -0.902. The Bertz CT molecular complexity index is 710. The minimum absolute atomic E-state index is 0.311. The molecule has 0 amide bonds. The number of hydrogen-bond donors (Lipinski definition) is 2. The van der Waals surface area contributed by atoms with Gasteiger partial charge in [-0.05, 0) is 53.9 Å². The molecule has 4 heteroatoms. The molecular weight excluding hydrogens is 264 g/mol. The van der Waals surface area contributed by atoms with Gasteiger partial charge in [-0.2, -0.15) is 0 Å². The second kappa shape index (κ2) is 5.22. The first-order chi connectivity index (χ1) is 10.1. The molecule has 0 spiro atoms. The average molecular weight is 282 g/mol. The number of nitrogen functional groups attached to an aromatic ring is 1. The molecule has 0 saturated heterocycles. The van der Waals surface area contributed by atoms with Crippen molar-refractivity contribution in [3.8, 4) is 11.1 Å². The number of anilines is 1. The third-order valence-corrected chi connectivity index (χ3v) is 4.06. The molecule has 1 heterocycles. The topological polar surface area (TPSA) is 66.6 Å². The molecule has 21 heavy (non-hydrogen) atoms. The Morgan fingerprint density at radius 1 is 1.24 bits per heavy atom. The Hall–Kier alpha value is -2.33. The van der Waals surface area contributed by atoms with Crippen LogP contribution in [0.4, 0.5) is 5.69 Å². The van der Waals surface area contributed by atoms with Crippen LogP contribution in [0.1, 0.15) is 21.5 Å². The quantitative estimate of drug-likeness (QED) is 0.831. The summed E-state index contributed by atoms with van der Waals surface area (Å²) in [5.74, 6) is -0.902. The van der Waals surface area contributed by atoms with E-state index in [1.165, 1.54) is 11.1 Å². The predicted octanol–water partition coefficient (Wildman–Crippen LogP) is 2.62. The number of aromatic carboxylic acids is 1. The first-order valence-corrected chi connectivity index (χ1v) is 6.99. The van der Waals surface area contributed by atoms with Crippen LogP contribution in [-0.2, 0) is 13.0 Å². The number of hydrogen-bond acceptors (Lipinski definition) is 3. The van der Waals surface area contributed by atoms with Gasteiger partial charge in [0.2, 0.25) is 0 Å². The minimum Gasteiger partial charge on any atom is -0.478 e. The standard InChI is InChI=1S/C17H18N2O2/c1-19-8-7-14-13(5-6-16(18)15(14)10-19)11-3-2-4-12(9-11)17(20)21/h2-6,9H,7-8,10,18H2,1H3,(H,20,21). The molecule has 0 fully saturated rings. The highest BCUT2D eigenvalue weighted by molar-refractivity contribution is 5.89. The molecule has 4 nitrogen and oxygen atoms in total. The molecule has 1 aliphatic rings. The van der Waals surface area contributed by atoms with Gasteiger partial charge in [0, 0.05) is 18.8 Å². The van der Waals surface area contributed by atoms with Gasteiger partial charge in [0.05, 0.1) is 5.56 Å². The number of benzene rings is 2. The lowest BCUT2D eigenvalue weighted by Crippen LogP contribution is -2.27. The van der Waals surface area contributed by atoms with Crippen LogP contribution >= 0.6 is 0 Å². The summed E-state index contributed by atoms with van der Waals surface area (Å²) in [5.41, 5.74) is 11.7. The lowest BCUT2D eigenvalue weighted by atomic mass is 9.89. The number of nitrogens with zero attached hydrogens (tertiary/aromatic N) is 1. The van der Waals surface area contributed by atoms with Gasteiger partial charge in [-0.15, -0.1) is 0 Å². The van der Waals surface area contributed by atoms with Crippen molar-refractivity contribution in [2.75, 3.05) is 19.3 Å². The van der Waals surface area contributed by atoms with Crippen molar-refractivity contribution in [3.05, 3.63) is 53.1 Å². The molecule has 0 radical (unpaired) electrons. The largest absolute Gasteiger partial charge is 0.478 e. The number of likely N-dealkylation sites (N-methyl/N-ethyl adjacent to an activating group) is 1. The molecule has 0 unspecified atom stereocenters. The van der Waals surface area contributed by atoms with Crippen LogP contribution in [0, 0.1) is 0 Å². The highest BCUT2D eigenvalue weighted by Crippen LogP contribution is 2.33.